The van der Waals surface area contributed by atoms with E-state index in [2.05, 4.69) is 0 Å². The van der Waals surface area contributed by atoms with Gasteiger partial charge in [0.25, 0.3) is 0 Å². The molecule has 0 saturated carbocycles. The summed E-state index contributed by atoms with van der Waals surface area (Å²) in [7, 11) is 0. The van der Waals surface area contributed by atoms with Gasteiger partial charge in [0.1, 0.15) is 0 Å². The van der Waals surface area contributed by atoms with Gasteiger partial charge < -0.3 is 12.9 Å². The van der Waals surface area contributed by atoms with Crippen LogP contribution in [0, 0.1) is 13.8 Å². The van der Waals surface area contributed by atoms with Crippen molar-refractivity contribution >= 4 is 24.0 Å². The first kappa shape index (κ1) is 15.0. The Hall–Kier alpha value is 1.00. The molecule has 0 unspecified atom stereocenters. The van der Waals surface area contributed by atoms with Crippen molar-refractivity contribution in [1.82, 2.24) is 0 Å². The molecule has 0 saturated heterocycles. The summed E-state index contributed by atoms with van der Waals surface area (Å²) in [5, 5.41) is 0.346. The van der Waals surface area contributed by atoms with E-state index in [1.807, 2.05) is 0 Å². The molecule has 1 aromatic carbocycles. The molecule has 14 heavy (non-hydrogen) atoms. The smallest absolute Gasteiger partial charge is 0.445 e. The van der Waals surface area contributed by atoms with Crippen LogP contribution in [0.3, 0.4) is 0 Å². The number of aryl methyl sites for hydroxylation is 2. The van der Waals surface area contributed by atoms with Crippen molar-refractivity contribution in [3.8, 4) is 0 Å². The zero-order chi connectivity index (χ0) is 10.2. The first-order valence-electron chi connectivity index (χ1n) is 3.79. The van der Waals surface area contributed by atoms with Crippen LogP contribution in [0.4, 0.5) is 12.9 Å². The van der Waals surface area contributed by atoms with Crippen LogP contribution in [0.25, 0.3) is 0 Å². The fraction of sp³-hybridized carbons (Fsp3) is 0.250. The standard InChI is InChI=1S/C8H8BClF3.K/c1-5-3-7(10)4-6(2)8(5)9(11,12)13;/h3-4H,1-2H3;/q-1;+1. The third kappa shape index (κ3) is 3.54. The molecule has 6 heteroatoms. The third-order valence-corrected chi connectivity index (χ3v) is 2.10. The van der Waals surface area contributed by atoms with Gasteiger partial charge in [0.2, 0.25) is 0 Å². The van der Waals surface area contributed by atoms with E-state index in [1.165, 1.54) is 26.0 Å². The van der Waals surface area contributed by atoms with Gasteiger partial charge in [-0.05, 0) is 26.0 Å². The van der Waals surface area contributed by atoms with E-state index in [4.69, 9.17) is 11.6 Å². The largest absolute Gasteiger partial charge is 1.00 e. The molecule has 0 aliphatic carbocycles. The maximum Gasteiger partial charge on any atom is 1.00 e. The summed E-state index contributed by atoms with van der Waals surface area (Å²) in [5.41, 5.74) is -0.139. The van der Waals surface area contributed by atoms with Gasteiger partial charge in [-0.25, -0.2) is 0 Å². The Morgan fingerprint density at radius 2 is 1.43 bits per heavy atom. The molecular weight excluding hydrogens is 238 g/mol. The molecule has 0 nitrogen and oxygen atoms in total. The van der Waals surface area contributed by atoms with Crippen LogP contribution in [-0.2, 0) is 0 Å². The van der Waals surface area contributed by atoms with E-state index >= 15 is 0 Å². The number of benzene rings is 1. The number of rotatable bonds is 1. The van der Waals surface area contributed by atoms with Gasteiger partial charge in [0.05, 0.1) is 0 Å². The van der Waals surface area contributed by atoms with Gasteiger partial charge in [0, 0.05) is 5.02 Å². The van der Waals surface area contributed by atoms with E-state index in [-0.39, 0.29) is 62.5 Å². The van der Waals surface area contributed by atoms with E-state index in [0.717, 1.165) is 0 Å². The zero-order valence-electron chi connectivity index (χ0n) is 8.24. The Balaban J connectivity index is 0.00000169. The van der Waals surface area contributed by atoms with Gasteiger partial charge in [-0.15, -0.1) is 5.46 Å². The second-order valence-electron chi connectivity index (χ2n) is 3.03. The van der Waals surface area contributed by atoms with Gasteiger partial charge in [-0.3, -0.25) is 0 Å². The van der Waals surface area contributed by atoms with Gasteiger partial charge in [-0.1, -0.05) is 22.7 Å². The minimum atomic E-state index is -4.93. The van der Waals surface area contributed by atoms with Crippen molar-refractivity contribution in [1.29, 1.82) is 0 Å². The average Bonchev–Trinajstić information content (AvgIpc) is 1.78. The van der Waals surface area contributed by atoms with E-state index in [1.54, 1.807) is 0 Å². The van der Waals surface area contributed by atoms with Crippen LogP contribution in [-0.4, -0.2) is 6.98 Å². The van der Waals surface area contributed by atoms with Crippen molar-refractivity contribution in [3.05, 3.63) is 28.3 Å². The molecule has 72 valence electrons. The Bertz CT molecular complexity index is 315. The minimum Gasteiger partial charge on any atom is -0.445 e. The second-order valence-corrected chi connectivity index (χ2v) is 3.46. The normalized spacial score (nSPS) is 11.0. The van der Waals surface area contributed by atoms with Gasteiger partial charge in [-0.2, -0.15) is 0 Å². The SMILES string of the molecule is Cc1cc(Cl)cc(C)c1[B-](F)(F)F.[K+]. The Morgan fingerprint density at radius 3 is 1.71 bits per heavy atom. The number of hydrogen-bond acceptors (Lipinski definition) is 0. The van der Waals surface area contributed by atoms with Crippen molar-refractivity contribution < 1.29 is 64.3 Å². The molecule has 0 atom stereocenters. The van der Waals surface area contributed by atoms with Crippen LogP contribution in [0.2, 0.25) is 5.02 Å². The predicted molar refractivity (Wildman–Crippen MR) is 49.6 cm³/mol. The predicted octanol–water partition coefficient (Wildman–Crippen LogP) is 0.0152. The molecule has 1 rings (SSSR count). The van der Waals surface area contributed by atoms with Crippen LogP contribution in [0.15, 0.2) is 12.1 Å². The van der Waals surface area contributed by atoms with Gasteiger partial charge >= 0.3 is 58.4 Å². The van der Waals surface area contributed by atoms with Crippen LogP contribution in [0.1, 0.15) is 11.1 Å². The summed E-state index contributed by atoms with van der Waals surface area (Å²) in [4.78, 5) is 0. The second kappa shape index (κ2) is 5.37. The average molecular weight is 247 g/mol. The fourth-order valence-corrected chi connectivity index (χ4v) is 1.77. The van der Waals surface area contributed by atoms with Gasteiger partial charge in [0.15, 0.2) is 0 Å². The maximum atomic E-state index is 12.5. The molecule has 0 aliphatic heterocycles. The summed E-state index contributed by atoms with van der Waals surface area (Å²) in [6.45, 7) is -2.09. The Morgan fingerprint density at radius 1 is 1.07 bits per heavy atom. The van der Waals surface area contributed by atoms with E-state index < -0.39 is 12.4 Å². The summed E-state index contributed by atoms with van der Waals surface area (Å²) < 4.78 is 37.4. The minimum absolute atomic E-state index is 0. The van der Waals surface area contributed by atoms with Crippen molar-refractivity contribution in [3.63, 3.8) is 0 Å². The van der Waals surface area contributed by atoms with Crippen molar-refractivity contribution in [2.24, 2.45) is 0 Å². The molecule has 0 heterocycles. The van der Waals surface area contributed by atoms with E-state index in [0.29, 0.717) is 5.02 Å². The molecule has 0 radical (unpaired) electrons. The zero-order valence-corrected chi connectivity index (χ0v) is 12.1. The topological polar surface area (TPSA) is 0 Å². The monoisotopic (exact) mass is 246 g/mol. The fourth-order valence-electron chi connectivity index (χ4n) is 1.44. The molecule has 1 aromatic rings. The molecule has 0 aliphatic rings. The van der Waals surface area contributed by atoms with E-state index in [9.17, 15) is 12.9 Å². The first-order chi connectivity index (χ1) is 5.82. The quantitative estimate of drug-likeness (QED) is 0.613. The molecule has 0 N–H and O–H groups in total. The third-order valence-electron chi connectivity index (χ3n) is 1.89. The number of hydrogen-bond donors (Lipinski definition) is 0. The van der Waals surface area contributed by atoms with Crippen LogP contribution < -0.4 is 56.8 Å². The maximum absolute atomic E-state index is 12.5. The molecule has 0 bridgehead atoms. The Kier molecular flexibility index (Phi) is 5.75. The molecule has 0 amide bonds. The molecular formula is C8H8BClF3K. The van der Waals surface area contributed by atoms with Crippen molar-refractivity contribution in [2.75, 3.05) is 0 Å². The van der Waals surface area contributed by atoms with Crippen LogP contribution >= 0.6 is 11.6 Å². The summed E-state index contributed by atoms with van der Waals surface area (Å²) in [5.74, 6) is 0. The molecule has 0 spiro atoms. The Labute approximate surface area is 129 Å². The van der Waals surface area contributed by atoms with Crippen LogP contribution in [0.5, 0.6) is 0 Å². The number of halogens is 4. The van der Waals surface area contributed by atoms with Crippen molar-refractivity contribution in [2.45, 2.75) is 13.8 Å². The summed E-state index contributed by atoms with van der Waals surface area (Å²) in [6.07, 6.45) is 0. The molecule has 0 fully saturated rings. The summed E-state index contributed by atoms with van der Waals surface area (Å²) in [6, 6.07) is 2.66. The summed E-state index contributed by atoms with van der Waals surface area (Å²) >= 11 is 5.61. The first-order valence-corrected chi connectivity index (χ1v) is 4.16. The molecule has 0 aromatic heterocycles.